The second-order valence-electron chi connectivity index (χ2n) is 3.40. The average Bonchev–Trinajstić information content (AvgIpc) is 2.65. The molecule has 0 amide bonds. The minimum atomic E-state index is -1.41. The van der Waals surface area contributed by atoms with Crippen LogP contribution in [0.25, 0.3) is 11.1 Å². The molecule has 0 aliphatic rings. The monoisotopic (exact) mass is 202 g/mol. The van der Waals surface area contributed by atoms with Crippen LogP contribution < -0.4 is 5.46 Å². The number of aryl methyl sites for hydroxylation is 1. The van der Waals surface area contributed by atoms with Gasteiger partial charge in [-0.3, -0.25) is 4.68 Å². The largest absolute Gasteiger partial charge is 0.488 e. The van der Waals surface area contributed by atoms with Crippen LogP contribution in [-0.4, -0.2) is 26.9 Å². The summed E-state index contributed by atoms with van der Waals surface area (Å²) in [4.78, 5) is 0. The van der Waals surface area contributed by atoms with Crippen molar-refractivity contribution < 1.29 is 10.0 Å². The molecule has 0 aliphatic heterocycles. The van der Waals surface area contributed by atoms with Crippen molar-refractivity contribution in [2.24, 2.45) is 7.05 Å². The summed E-state index contributed by atoms with van der Waals surface area (Å²) in [6, 6.07) is 7.05. The van der Waals surface area contributed by atoms with Gasteiger partial charge in [0, 0.05) is 18.8 Å². The van der Waals surface area contributed by atoms with E-state index in [9.17, 15) is 0 Å². The van der Waals surface area contributed by atoms with E-state index in [1.165, 1.54) is 0 Å². The smallest absolute Gasteiger partial charge is 0.423 e. The zero-order valence-electron chi connectivity index (χ0n) is 8.33. The van der Waals surface area contributed by atoms with Crippen LogP contribution in [0.4, 0.5) is 0 Å². The Labute approximate surface area is 87.9 Å². The molecule has 1 heterocycles. The van der Waals surface area contributed by atoms with Crippen molar-refractivity contribution in [3.8, 4) is 11.1 Å². The lowest BCUT2D eigenvalue weighted by molar-refractivity contribution is 0.426. The van der Waals surface area contributed by atoms with Crippen molar-refractivity contribution in [1.82, 2.24) is 9.78 Å². The molecule has 0 unspecified atom stereocenters. The Morgan fingerprint density at radius 3 is 2.27 bits per heavy atom. The zero-order valence-corrected chi connectivity index (χ0v) is 8.33. The molecular formula is C10H11BN2O2. The molecule has 2 rings (SSSR count). The lowest BCUT2D eigenvalue weighted by Crippen LogP contribution is -2.29. The van der Waals surface area contributed by atoms with Gasteiger partial charge in [0.15, 0.2) is 0 Å². The number of hydrogen-bond acceptors (Lipinski definition) is 3. The van der Waals surface area contributed by atoms with E-state index in [0.717, 1.165) is 11.1 Å². The van der Waals surface area contributed by atoms with Gasteiger partial charge in [0.1, 0.15) is 0 Å². The quantitative estimate of drug-likeness (QED) is 0.661. The van der Waals surface area contributed by atoms with Gasteiger partial charge >= 0.3 is 7.12 Å². The molecule has 0 spiro atoms. The highest BCUT2D eigenvalue weighted by atomic mass is 16.4. The minimum absolute atomic E-state index is 0.489. The first-order chi connectivity index (χ1) is 7.16. The number of benzene rings is 1. The molecule has 1 aromatic carbocycles. The molecule has 0 saturated carbocycles. The molecule has 0 bridgehead atoms. The van der Waals surface area contributed by atoms with Crippen molar-refractivity contribution >= 4 is 12.6 Å². The summed E-state index contributed by atoms with van der Waals surface area (Å²) in [5.74, 6) is 0. The van der Waals surface area contributed by atoms with Crippen molar-refractivity contribution in [2.75, 3.05) is 0 Å². The highest BCUT2D eigenvalue weighted by molar-refractivity contribution is 6.58. The average molecular weight is 202 g/mol. The van der Waals surface area contributed by atoms with Gasteiger partial charge in [-0.15, -0.1) is 0 Å². The molecule has 15 heavy (non-hydrogen) atoms. The normalized spacial score (nSPS) is 10.3. The van der Waals surface area contributed by atoms with Crippen LogP contribution in [-0.2, 0) is 7.05 Å². The first kappa shape index (κ1) is 9.95. The summed E-state index contributed by atoms with van der Waals surface area (Å²) in [5, 5.41) is 21.9. The number of hydrogen-bond donors (Lipinski definition) is 2. The summed E-state index contributed by atoms with van der Waals surface area (Å²) in [5.41, 5.74) is 2.51. The fourth-order valence-corrected chi connectivity index (χ4v) is 1.42. The van der Waals surface area contributed by atoms with E-state index in [4.69, 9.17) is 10.0 Å². The molecule has 0 saturated heterocycles. The van der Waals surface area contributed by atoms with E-state index in [1.54, 1.807) is 23.0 Å². The SMILES string of the molecule is Cn1cc(-c2ccc(B(O)O)cc2)cn1. The lowest BCUT2D eigenvalue weighted by Gasteiger charge is -2.00. The standard InChI is InChI=1S/C10H11BN2O2/c1-13-7-9(6-12-13)8-2-4-10(5-3-8)11(14)15/h2-7,14-15H,1H3. The van der Waals surface area contributed by atoms with Gasteiger partial charge in [-0.25, -0.2) is 0 Å². The summed E-state index contributed by atoms with van der Waals surface area (Å²) in [7, 11) is 0.447. The third-order valence-electron chi connectivity index (χ3n) is 2.25. The van der Waals surface area contributed by atoms with Gasteiger partial charge < -0.3 is 10.0 Å². The maximum absolute atomic E-state index is 8.93. The first-order valence-electron chi connectivity index (χ1n) is 4.62. The summed E-state index contributed by atoms with van der Waals surface area (Å²) in [6.07, 6.45) is 3.68. The summed E-state index contributed by atoms with van der Waals surface area (Å²) >= 11 is 0. The van der Waals surface area contributed by atoms with Crippen LogP contribution in [0.15, 0.2) is 36.7 Å². The van der Waals surface area contributed by atoms with Crippen LogP contribution in [0.5, 0.6) is 0 Å². The molecule has 2 N–H and O–H groups in total. The van der Waals surface area contributed by atoms with Crippen molar-refractivity contribution in [1.29, 1.82) is 0 Å². The van der Waals surface area contributed by atoms with Crippen LogP contribution in [0.1, 0.15) is 0 Å². The van der Waals surface area contributed by atoms with Gasteiger partial charge in [0.2, 0.25) is 0 Å². The highest BCUT2D eigenvalue weighted by Gasteiger charge is 2.10. The van der Waals surface area contributed by atoms with Crippen LogP contribution >= 0.6 is 0 Å². The zero-order chi connectivity index (χ0) is 10.8. The molecule has 5 heteroatoms. The van der Waals surface area contributed by atoms with E-state index in [0.29, 0.717) is 5.46 Å². The van der Waals surface area contributed by atoms with E-state index in [1.807, 2.05) is 25.4 Å². The molecule has 0 radical (unpaired) electrons. The van der Waals surface area contributed by atoms with Gasteiger partial charge in [0.25, 0.3) is 0 Å². The third-order valence-corrected chi connectivity index (χ3v) is 2.25. The fraction of sp³-hybridized carbons (Fsp3) is 0.100. The van der Waals surface area contributed by atoms with Gasteiger partial charge in [-0.05, 0) is 11.0 Å². The van der Waals surface area contributed by atoms with Gasteiger partial charge in [-0.2, -0.15) is 5.10 Å². The predicted molar refractivity (Wildman–Crippen MR) is 58.5 cm³/mol. The Kier molecular flexibility index (Phi) is 2.57. The van der Waals surface area contributed by atoms with Crippen LogP contribution in [0.3, 0.4) is 0 Å². The van der Waals surface area contributed by atoms with E-state index >= 15 is 0 Å². The minimum Gasteiger partial charge on any atom is -0.423 e. The lowest BCUT2D eigenvalue weighted by atomic mass is 9.80. The highest BCUT2D eigenvalue weighted by Crippen LogP contribution is 2.16. The first-order valence-corrected chi connectivity index (χ1v) is 4.62. The van der Waals surface area contributed by atoms with Crippen molar-refractivity contribution in [3.05, 3.63) is 36.7 Å². The van der Waals surface area contributed by atoms with E-state index in [-0.39, 0.29) is 0 Å². The third kappa shape index (κ3) is 2.08. The van der Waals surface area contributed by atoms with E-state index < -0.39 is 7.12 Å². The van der Waals surface area contributed by atoms with Gasteiger partial charge in [-0.1, -0.05) is 24.3 Å². The number of aromatic nitrogens is 2. The van der Waals surface area contributed by atoms with Crippen molar-refractivity contribution in [3.63, 3.8) is 0 Å². The maximum Gasteiger partial charge on any atom is 0.488 e. The fourth-order valence-electron chi connectivity index (χ4n) is 1.42. The van der Waals surface area contributed by atoms with Crippen LogP contribution in [0, 0.1) is 0 Å². The van der Waals surface area contributed by atoms with E-state index in [2.05, 4.69) is 5.10 Å². The Morgan fingerprint density at radius 1 is 1.13 bits per heavy atom. The topological polar surface area (TPSA) is 58.3 Å². The molecular weight excluding hydrogens is 191 g/mol. The molecule has 4 nitrogen and oxygen atoms in total. The number of nitrogens with zero attached hydrogens (tertiary/aromatic N) is 2. The molecule has 1 aromatic heterocycles. The Bertz CT molecular complexity index is 451. The Hall–Kier alpha value is -1.59. The molecule has 76 valence electrons. The van der Waals surface area contributed by atoms with Crippen molar-refractivity contribution in [2.45, 2.75) is 0 Å². The predicted octanol–water partition coefficient (Wildman–Crippen LogP) is -0.233. The molecule has 0 atom stereocenters. The Morgan fingerprint density at radius 2 is 1.80 bits per heavy atom. The molecule has 0 aliphatic carbocycles. The second kappa shape index (κ2) is 3.88. The second-order valence-corrected chi connectivity index (χ2v) is 3.40. The molecule has 0 fully saturated rings. The Balaban J connectivity index is 2.31. The van der Waals surface area contributed by atoms with Crippen LogP contribution in [0.2, 0.25) is 0 Å². The summed E-state index contributed by atoms with van der Waals surface area (Å²) < 4.78 is 1.73. The maximum atomic E-state index is 8.93. The van der Waals surface area contributed by atoms with Gasteiger partial charge in [0.05, 0.1) is 6.20 Å². The molecule has 2 aromatic rings. The summed E-state index contributed by atoms with van der Waals surface area (Å²) in [6.45, 7) is 0. The number of rotatable bonds is 2.